The Morgan fingerprint density at radius 3 is 2.80 bits per heavy atom. The highest BCUT2D eigenvalue weighted by Gasteiger charge is 2.14. The first-order valence-electron chi connectivity index (χ1n) is 6.38. The zero-order valence-electron chi connectivity index (χ0n) is 11.5. The van der Waals surface area contributed by atoms with Gasteiger partial charge in [-0.2, -0.15) is 0 Å². The van der Waals surface area contributed by atoms with Crippen molar-refractivity contribution in [1.29, 1.82) is 0 Å². The van der Waals surface area contributed by atoms with Crippen molar-refractivity contribution >= 4 is 23.4 Å². The third-order valence-corrected chi connectivity index (χ3v) is 4.03. The first kappa shape index (κ1) is 14.5. The van der Waals surface area contributed by atoms with Gasteiger partial charge in [0.2, 0.25) is 0 Å². The number of Topliss-reactive ketones (excluding diaryl/α,β-unsaturated/α-hetero) is 1. The molecule has 0 atom stereocenters. The zero-order chi connectivity index (χ0) is 14.5. The Balaban J connectivity index is 2.02. The number of ketones is 1. The minimum atomic E-state index is -0.0753. The summed E-state index contributed by atoms with van der Waals surface area (Å²) in [6, 6.07) is 9.85. The number of carbonyl (C=O) groups excluding carboxylic acids is 2. The Hall–Kier alpha value is -1.94. The van der Waals surface area contributed by atoms with Crippen molar-refractivity contribution in [3.63, 3.8) is 0 Å². The van der Waals surface area contributed by atoms with Gasteiger partial charge >= 0.3 is 0 Å². The van der Waals surface area contributed by atoms with Crippen LogP contribution in [0, 0.1) is 6.92 Å². The monoisotopic (exact) mass is 288 g/mol. The molecule has 0 N–H and O–H groups in total. The van der Waals surface area contributed by atoms with Gasteiger partial charge in [0.15, 0.2) is 12.1 Å². The smallest absolute Gasteiger partial charge is 0.173 e. The molecule has 4 heteroatoms. The normalized spacial score (nSPS) is 10.3. The number of hydrogen-bond donors (Lipinski definition) is 0. The van der Waals surface area contributed by atoms with E-state index in [1.54, 1.807) is 6.07 Å². The summed E-state index contributed by atoms with van der Waals surface area (Å²) in [6.45, 7) is 4.01. The predicted octanol–water partition coefficient (Wildman–Crippen LogP) is 3.69. The molecule has 2 rings (SSSR count). The average molecular weight is 288 g/mol. The molecule has 0 saturated heterocycles. The minimum absolute atomic E-state index is 0.0753. The van der Waals surface area contributed by atoms with Gasteiger partial charge in [0, 0.05) is 19.4 Å². The van der Waals surface area contributed by atoms with E-state index >= 15 is 0 Å². The number of rotatable bonds is 6. The lowest BCUT2D eigenvalue weighted by Gasteiger charge is -2.06. The van der Waals surface area contributed by atoms with Gasteiger partial charge in [0.25, 0.3) is 0 Å². The van der Waals surface area contributed by atoms with Crippen LogP contribution < -0.4 is 4.74 Å². The molecule has 0 aliphatic carbocycles. The van der Waals surface area contributed by atoms with Gasteiger partial charge in [-0.15, -0.1) is 11.3 Å². The minimum Gasteiger partial charge on any atom is -0.492 e. The SMILES string of the molecule is CC(=O)c1sc(C=O)cc1OCCc1cccc(C)c1. The molecular weight excluding hydrogens is 272 g/mol. The van der Waals surface area contributed by atoms with Crippen LogP contribution in [-0.2, 0) is 6.42 Å². The second kappa shape index (κ2) is 6.48. The summed E-state index contributed by atoms with van der Waals surface area (Å²) >= 11 is 1.17. The fourth-order valence-corrected chi connectivity index (χ4v) is 2.76. The second-order valence-electron chi connectivity index (χ2n) is 4.60. The van der Waals surface area contributed by atoms with Crippen molar-refractivity contribution in [1.82, 2.24) is 0 Å². The van der Waals surface area contributed by atoms with E-state index in [0.29, 0.717) is 22.1 Å². The standard InChI is InChI=1S/C16H16O3S/c1-11-4-3-5-13(8-11)6-7-19-15-9-14(10-17)20-16(15)12(2)18/h3-5,8-10H,6-7H2,1-2H3. The van der Waals surface area contributed by atoms with E-state index in [0.717, 1.165) is 12.7 Å². The van der Waals surface area contributed by atoms with Gasteiger partial charge in [0.05, 0.1) is 11.5 Å². The van der Waals surface area contributed by atoms with Gasteiger partial charge in [-0.05, 0) is 12.5 Å². The van der Waals surface area contributed by atoms with E-state index < -0.39 is 0 Å². The molecule has 0 radical (unpaired) electrons. The van der Waals surface area contributed by atoms with Crippen molar-refractivity contribution in [3.05, 3.63) is 51.2 Å². The first-order valence-corrected chi connectivity index (χ1v) is 7.20. The van der Waals surface area contributed by atoms with E-state index in [1.807, 2.05) is 25.1 Å². The number of benzene rings is 1. The number of hydrogen-bond acceptors (Lipinski definition) is 4. The summed E-state index contributed by atoms with van der Waals surface area (Å²) in [4.78, 5) is 23.3. The summed E-state index contributed by atoms with van der Waals surface area (Å²) in [7, 11) is 0. The van der Waals surface area contributed by atoms with Crippen molar-refractivity contribution in [2.45, 2.75) is 20.3 Å². The zero-order valence-corrected chi connectivity index (χ0v) is 12.3. The van der Waals surface area contributed by atoms with Crippen LogP contribution in [0.4, 0.5) is 0 Å². The van der Waals surface area contributed by atoms with Crippen molar-refractivity contribution in [2.24, 2.45) is 0 Å². The topological polar surface area (TPSA) is 43.4 Å². The first-order chi connectivity index (χ1) is 9.60. The van der Waals surface area contributed by atoms with Crippen molar-refractivity contribution in [3.8, 4) is 5.75 Å². The van der Waals surface area contributed by atoms with Gasteiger partial charge < -0.3 is 4.74 Å². The van der Waals surface area contributed by atoms with Crippen LogP contribution >= 0.6 is 11.3 Å². The number of ether oxygens (including phenoxy) is 1. The number of carbonyl (C=O) groups is 2. The largest absolute Gasteiger partial charge is 0.492 e. The fraction of sp³-hybridized carbons (Fsp3) is 0.250. The third-order valence-electron chi connectivity index (χ3n) is 2.88. The van der Waals surface area contributed by atoms with Crippen LogP contribution in [0.1, 0.15) is 37.4 Å². The molecular formula is C16H16O3S. The van der Waals surface area contributed by atoms with Crippen LogP contribution in [0.2, 0.25) is 0 Å². The molecule has 3 nitrogen and oxygen atoms in total. The molecule has 0 unspecified atom stereocenters. The molecule has 2 aromatic rings. The highest BCUT2D eigenvalue weighted by Crippen LogP contribution is 2.29. The Morgan fingerprint density at radius 2 is 2.15 bits per heavy atom. The molecule has 1 aromatic heterocycles. The van der Waals surface area contributed by atoms with Crippen molar-refractivity contribution in [2.75, 3.05) is 6.61 Å². The number of aldehydes is 1. The van der Waals surface area contributed by atoms with E-state index in [-0.39, 0.29) is 5.78 Å². The fourth-order valence-electron chi connectivity index (χ4n) is 1.95. The highest BCUT2D eigenvalue weighted by molar-refractivity contribution is 7.16. The molecule has 0 saturated carbocycles. The molecule has 0 aliphatic rings. The highest BCUT2D eigenvalue weighted by atomic mass is 32.1. The Labute approximate surface area is 122 Å². The molecule has 0 aliphatic heterocycles. The number of thiophene rings is 1. The quantitative estimate of drug-likeness (QED) is 0.601. The predicted molar refractivity (Wildman–Crippen MR) is 80.1 cm³/mol. The summed E-state index contributed by atoms with van der Waals surface area (Å²) in [5, 5.41) is 0. The number of aryl methyl sites for hydroxylation is 1. The Kier molecular flexibility index (Phi) is 4.69. The molecule has 0 spiro atoms. The van der Waals surface area contributed by atoms with Gasteiger partial charge in [0.1, 0.15) is 10.6 Å². The molecule has 1 heterocycles. The lowest BCUT2D eigenvalue weighted by atomic mass is 10.1. The lowest BCUT2D eigenvalue weighted by molar-refractivity contribution is 0.101. The maximum atomic E-state index is 11.5. The molecule has 0 amide bonds. The van der Waals surface area contributed by atoms with E-state index in [2.05, 4.69) is 6.07 Å². The van der Waals surface area contributed by atoms with Crippen LogP contribution in [0.25, 0.3) is 0 Å². The Morgan fingerprint density at radius 1 is 1.35 bits per heavy atom. The summed E-state index contributed by atoms with van der Waals surface area (Å²) in [6.07, 6.45) is 1.51. The maximum Gasteiger partial charge on any atom is 0.173 e. The van der Waals surface area contributed by atoms with Crippen LogP contribution in [0.5, 0.6) is 5.75 Å². The van der Waals surface area contributed by atoms with E-state index in [1.165, 1.54) is 29.4 Å². The maximum absolute atomic E-state index is 11.5. The van der Waals surface area contributed by atoms with Crippen molar-refractivity contribution < 1.29 is 14.3 Å². The molecule has 104 valence electrons. The second-order valence-corrected chi connectivity index (χ2v) is 5.69. The van der Waals surface area contributed by atoms with Gasteiger partial charge in [-0.1, -0.05) is 29.8 Å². The molecule has 0 fully saturated rings. The molecule has 20 heavy (non-hydrogen) atoms. The van der Waals surface area contributed by atoms with Crippen LogP contribution in [-0.4, -0.2) is 18.7 Å². The van der Waals surface area contributed by atoms with Gasteiger partial charge in [-0.3, -0.25) is 9.59 Å². The molecule has 1 aromatic carbocycles. The van der Waals surface area contributed by atoms with E-state index in [4.69, 9.17) is 4.74 Å². The van der Waals surface area contributed by atoms with Crippen LogP contribution in [0.15, 0.2) is 30.3 Å². The van der Waals surface area contributed by atoms with E-state index in [9.17, 15) is 9.59 Å². The lowest BCUT2D eigenvalue weighted by Crippen LogP contribution is -2.03. The summed E-state index contributed by atoms with van der Waals surface area (Å²) in [5.41, 5.74) is 2.41. The summed E-state index contributed by atoms with van der Waals surface area (Å²) < 4.78 is 5.66. The van der Waals surface area contributed by atoms with Crippen LogP contribution in [0.3, 0.4) is 0 Å². The third kappa shape index (κ3) is 3.54. The van der Waals surface area contributed by atoms with Gasteiger partial charge in [-0.25, -0.2) is 0 Å². The average Bonchev–Trinajstić information content (AvgIpc) is 2.82. The molecule has 0 bridgehead atoms. The Bertz CT molecular complexity index is 628. The summed E-state index contributed by atoms with van der Waals surface area (Å²) in [5.74, 6) is 0.436.